The minimum Gasteiger partial charge on any atom is -0.491 e. The van der Waals surface area contributed by atoms with E-state index in [1.165, 1.54) is 15.9 Å². The van der Waals surface area contributed by atoms with E-state index in [1.54, 1.807) is 57.2 Å². The maximum absolute atomic E-state index is 13.9. The zero-order valence-electron chi connectivity index (χ0n) is 23.8. The van der Waals surface area contributed by atoms with E-state index in [4.69, 9.17) is 13.9 Å². The number of aromatic nitrogens is 1. The molecule has 3 heterocycles. The molecule has 0 unspecified atom stereocenters. The summed E-state index contributed by atoms with van der Waals surface area (Å²) in [4.78, 5) is 43.6. The highest BCUT2D eigenvalue weighted by Gasteiger charge is 2.33. The third kappa shape index (κ3) is 5.45. The van der Waals surface area contributed by atoms with E-state index < -0.39 is 18.0 Å². The van der Waals surface area contributed by atoms with Gasteiger partial charge in [0.1, 0.15) is 17.3 Å². The van der Waals surface area contributed by atoms with Gasteiger partial charge in [0.15, 0.2) is 4.80 Å². The Morgan fingerprint density at radius 2 is 1.86 bits per heavy atom. The van der Waals surface area contributed by atoms with E-state index in [0.717, 1.165) is 0 Å². The van der Waals surface area contributed by atoms with E-state index in [0.29, 0.717) is 54.6 Å². The molecule has 9 nitrogen and oxygen atoms in total. The number of furan rings is 1. The lowest BCUT2D eigenvalue weighted by Gasteiger charge is -2.25. The molecular formula is C32H30N2O7S. The van der Waals surface area contributed by atoms with Crippen LogP contribution in [-0.2, 0) is 9.53 Å². The second-order valence-electron chi connectivity index (χ2n) is 10.0. The molecule has 1 atom stereocenters. The Morgan fingerprint density at radius 3 is 2.52 bits per heavy atom. The molecule has 42 heavy (non-hydrogen) atoms. The van der Waals surface area contributed by atoms with Crippen LogP contribution in [0.25, 0.3) is 17.4 Å². The summed E-state index contributed by atoms with van der Waals surface area (Å²) >= 11 is 1.19. The van der Waals surface area contributed by atoms with Crippen molar-refractivity contribution in [2.75, 3.05) is 6.61 Å². The van der Waals surface area contributed by atoms with Crippen LogP contribution in [0.4, 0.5) is 0 Å². The van der Waals surface area contributed by atoms with Crippen LogP contribution >= 0.6 is 11.3 Å². The Bertz CT molecular complexity index is 1890. The minimum atomic E-state index is -1.02. The van der Waals surface area contributed by atoms with Gasteiger partial charge in [0, 0.05) is 11.6 Å². The summed E-state index contributed by atoms with van der Waals surface area (Å²) in [5.74, 6) is 0.0314. The fraction of sp³-hybridized carbons (Fsp3) is 0.250. The number of carboxylic acid groups (broad SMARTS) is 1. The van der Waals surface area contributed by atoms with Gasteiger partial charge < -0.3 is 19.0 Å². The van der Waals surface area contributed by atoms with Crippen LogP contribution in [0.3, 0.4) is 0 Å². The smallest absolute Gasteiger partial charge is 0.338 e. The van der Waals surface area contributed by atoms with Crippen LogP contribution in [-0.4, -0.2) is 34.3 Å². The van der Waals surface area contributed by atoms with E-state index in [-0.39, 0.29) is 23.8 Å². The normalized spacial score (nSPS) is 15.0. The van der Waals surface area contributed by atoms with Gasteiger partial charge in [-0.3, -0.25) is 9.36 Å². The molecule has 0 aliphatic carbocycles. The van der Waals surface area contributed by atoms with Crippen molar-refractivity contribution in [1.29, 1.82) is 0 Å². The molecule has 0 bridgehead atoms. The fourth-order valence-corrected chi connectivity index (χ4v) is 5.97. The number of nitrogens with zero attached hydrogens (tertiary/aromatic N) is 2. The first kappa shape index (κ1) is 28.8. The summed E-state index contributed by atoms with van der Waals surface area (Å²) in [6.07, 6.45) is 1.63. The second-order valence-corrected chi connectivity index (χ2v) is 11.0. The molecule has 10 heteroatoms. The third-order valence-electron chi connectivity index (χ3n) is 6.81. The largest absolute Gasteiger partial charge is 0.491 e. The first-order valence-corrected chi connectivity index (χ1v) is 14.3. The molecule has 0 fully saturated rings. The molecule has 0 radical (unpaired) electrons. The Morgan fingerprint density at radius 1 is 1.12 bits per heavy atom. The van der Waals surface area contributed by atoms with Crippen molar-refractivity contribution >= 4 is 29.4 Å². The number of esters is 1. The number of benzene rings is 2. The number of carbonyl (C=O) groups excluding carboxylic acids is 1. The van der Waals surface area contributed by atoms with E-state index >= 15 is 0 Å². The van der Waals surface area contributed by atoms with Gasteiger partial charge in [-0.15, -0.1) is 0 Å². The molecule has 0 saturated carbocycles. The first-order valence-electron chi connectivity index (χ1n) is 13.5. The topological polar surface area (TPSA) is 120 Å². The number of allylic oxidation sites excluding steroid dienone is 1. The number of fused-ring (bicyclic) bond motifs is 1. The number of ether oxygens (including phenoxy) is 2. The SMILES string of the molecule is CCOC(=O)C1=C(C)N=c2s/c(=C\c3ccc(-c4cccc(C(=O)O)c4C)o3)c(=O)n2[C@@H]1c1ccc(OC(C)C)cc1. The summed E-state index contributed by atoms with van der Waals surface area (Å²) < 4.78 is 19.0. The molecule has 5 rings (SSSR count). The lowest BCUT2D eigenvalue weighted by atomic mass is 9.96. The summed E-state index contributed by atoms with van der Waals surface area (Å²) in [6, 6.07) is 15.0. The van der Waals surface area contributed by atoms with Crippen molar-refractivity contribution in [3.63, 3.8) is 0 Å². The van der Waals surface area contributed by atoms with E-state index in [9.17, 15) is 19.5 Å². The maximum Gasteiger partial charge on any atom is 0.338 e. The molecule has 2 aromatic carbocycles. The zero-order chi connectivity index (χ0) is 30.1. The lowest BCUT2D eigenvalue weighted by molar-refractivity contribution is -0.139. The van der Waals surface area contributed by atoms with Gasteiger partial charge in [-0.1, -0.05) is 35.6 Å². The highest BCUT2D eigenvalue weighted by atomic mass is 32.1. The Hall–Kier alpha value is -4.70. The van der Waals surface area contributed by atoms with Gasteiger partial charge >= 0.3 is 11.9 Å². The zero-order valence-corrected chi connectivity index (χ0v) is 24.7. The number of aromatic carboxylic acids is 1. The van der Waals surface area contributed by atoms with Gasteiger partial charge in [0.2, 0.25) is 0 Å². The number of thiazole rings is 1. The summed E-state index contributed by atoms with van der Waals surface area (Å²) in [6.45, 7) is 9.25. The third-order valence-corrected chi connectivity index (χ3v) is 7.80. The van der Waals surface area contributed by atoms with Crippen molar-refractivity contribution in [2.45, 2.75) is 46.8 Å². The van der Waals surface area contributed by atoms with Crippen molar-refractivity contribution in [3.8, 4) is 17.1 Å². The highest BCUT2D eigenvalue weighted by molar-refractivity contribution is 7.07. The molecular weight excluding hydrogens is 556 g/mol. The molecule has 1 aliphatic rings. The van der Waals surface area contributed by atoms with Crippen LogP contribution in [0, 0.1) is 6.92 Å². The lowest BCUT2D eigenvalue weighted by Crippen LogP contribution is -2.39. The number of hydrogen-bond acceptors (Lipinski definition) is 8. The molecule has 1 N–H and O–H groups in total. The van der Waals surface area contributed by atoms with Crippen molar-refractivity contribution in [3.05, 3.63) is 108 Å². The van der Waals surface area contributed by atoms with Crippen molar-refractivity contribution < 1.29 is 28.6 Å². The van der Waals surface area contributed by atoms with Crippen molar-refractivity contribution in [2.24, 2.45) is 4.99 Å². The van der Waals surface area contributed by atoms with E-state index in [1.807, 2.05) is 38.1 Å². The molecule has 0 spiro atoms. The van der Waals surface area contributed by atoms with Gasteiger partial charge in [-0.25, -0.2) is 14.6 Å². The predicted molar refractivity (Wildman–Crippen MR) is 158 cm³/mol. The average molecular weight is 587 g/mol. The van der Waals surface area contributed by atoms with E-state index in [2.05, 4.69) is 4.99 Å². The summed E-state index contributed by atoms with van der Waals surface area (Å²) in [5.41, 5.74) is 2.57. The fourth-order valence-electron chi connectivity index (χ4n) is 4.95. The summed E-state index contributed by atoms with van der Waals surface area (Å²) in [7, 11) is 0. The number of rotatable bonds is 8. The molecule has 2 aromatic heterocycles. The van der Waals surface area contributed by atoms with Crippen LogP contribution in [0.1, 0.15) is 61.0 Å². The first-order chi connectivity index (χ1) is 20.1. The maximum atomic E-state index is 13.9. The minimum absolute atomic E-state index is 0.00195. The Balaban J connectivity index is 1.60. The quantitative estimate of drug-likeness (QED) is 0.293. The highest BCUT2D eigenvalue weighted by Crippen LogP contribution is 2.32. The van der Waals surface area contributed by atoms with Crippen LogP contribution < -0.4 is 19.6 Å². The number of carboxylic acids is 1. The second kappa shape index (κ2) is 11.7. The molecule has 0 saturated heterocycles. The molecule has 216 valence electrons. The van der Waals surface area contributed by atoms with Gasteiger partial charge in [0.05, 0.1) is 40.1 Å². The number of hydrogen-bond donors (Lipinski definition) is 1. The van der Waals surface area contributed by atoms with Gasteiger partial charge in [-0.05, 0) is 76.1 Å². The van der Waals surface area contributed by atoms with Crippen molar-refractivity contribution in [1.82, 2.24) is 4.57 Å². The Labute approximate surface area is 245 Å². The van der Waals surface area contributed by atoms with Gasteiger partial charge in [-0.2, -0.15) is 0 Å². The van der Waals surface area contributed by atoms with Crippen LogP contribution in [0.15, 0.2) is 80.1 Å². The van der Waals surface area contributed by atoms with Crippen LogP contribution in [0.5, 0.6) is 5.75 Å². The van der Waals surface area contributed by atoms with Crippen LogP contribution in [0.2, 0.25) is 0 Å². The monoisotopic (exact) mass is 586 g/mol. The predicted octanol–water partition coefficient (Wildman–Crippen LogP) is 4.85. The standard InChI is InChI=1S/C32H30N2O7S/c1-6-39-31(38)27-19(5)33-32-34(28(27)20-10-12-21(13-11-20)40-17(2)3)29(35)26(42-32)16-22-14-15-25(41-22)23-8-7-9-24(18(23)4)30(36)37/h7-17,28H,6H2,1-5H3,(H,36,37)/b26-16-/t28-/m1/s1. The average Bonchev–Trinajstić information content (AvgIpc) is 3.52. The number of carbonyl (C=O) groups is 2. The Kier molecular flexibility index (Phi) is 8.00. The molecule has 1 aliphatic heterocycles. The molecule has 4 aromatic rings. The van der Waals surface area contributed by atoms with Gasteiger partial charge in [0.25, 0.3) is 5.56 Å². The molecule has 0 amide bonds. The summed E-state index contributed by atoms with van der Waals surface area (Å²) in [5, 5.41) is 9.48.